The highest BCUT2D eigenvalue weighted by molar-refractivity contribution is 4.47. The second kappa shape index (κ2) is 7.03. The van der Waals surface area contributed by atoms with E-state index < -0.39 is 5.79 Å². The summed E-state index contributed by atoms with van der Waals surface area (Å²) in [5.41, 5.74) is 0. The summed E-state index contributed by atoms with van der Waals surface area (Å²) in [4.78, 5) is 0. The lowest BCUT2D eigenvalue weighted by Crippen LogP contribution is -2.24. The van der Waals surface area contributed by atoms with Gasteiger partial charge in [0.05, 0.1) is 0 Å². The van der Waals surface area contributed by atoms with Gasteiger partial charge in [-0.05, 0) is 13.8 Å². The van der Waals surface area contributed by atoms with E-state index in [9.17, 15) is 0 Å². The molecule has 0 radical (unpaired) electrons. The first kappa shape index (κ1) is 12.6. The van der Waals surface area contributed by atoms with Crippen LogP contribution in [0, 0.1) is 0 Å². The smallest absolute Gasteiger partial charge is 0.161 e. The Bertz CT molecular complexity index is 54.3. The van der Waals surface area contributed by atoms with Gasteiger partial charge in [-0.3, -0.25) is 0 Å². The van der Waals surface area contributed by atoms with E-state index in [4.69, 9.17) is 9.47 Å². The van der Waals surface area contributed by atoms with Crippen molar-refractivity contribution in [3.8, 4) is 0 Å². The Hall–Kier alpha value is -0.0800. The molecule has 0 atom stereocenters. The lowest BCUT2D eigenvalue weighted by Gasteiger charge is -2.19. The maximum atomic E-state index is 4.86. The first-order chi connectivity index (χ1) is 4.54. The van der Waals surface area contributed by atoms with Crippen LogP contribution in [0.5, 0.6) is 0 Å². The quantitative estimate of drug-likeness (QED) is 0.560. The summed E-state index contributed by atoms with van der Waals surface area (Å²) < 4.78 is 9.73. The van der Waals surface area contributed by atoms with Crippen molar-refractivity contribution >= 4 is 0 Å². The first-order valence-electron chi connectivity index (χ1n) is 3.64. The number of ether oxygens (including phenoxy) is 2. The van der Waals surface area contributed by atoms with Gasteiger partial charge in [0, 0.05) is 14.2 Å². The summed E-state index contributed by atoms with van der Waals surface area (Å²) in [6, 6.07) is 0. The van der Waals surface area contributed by atoms with Gasteiger partial charge in [0.15, 0.2) is 5.79 Å². The topological polar surface area (TPSA) is 18.5 Å². The highest BCUT2D eigenvalue weighted by Crippen LogP contribution is 2.05. The van der Waals surface area contributed by atoms with Crippen LogP contribution in [-0.4, -0.2) is 20.0 Å². The second-order valence-corrected chi connectivity index (χ2v) is 2.52. The van der Waals surface area contributed by atoms with Crippen molar-refractivity contribution in [3.05, 3.63) is 0 Å². The predicted molar refractivity (Wildman–Crippen MR) is 44.1 cm³/mol. The van der Waals surface area contributed by atoms with Crippen LogP contribution in [0.25, 0.3) is 0 Å². The van der Waals surface area contributed by atoms with Gasteiger partial charge in [-0.2, -0.15) is 0 Å². The van der Waals surface area contributed by atoms with Gasteiger partial charge in [0.2, 0.25) is 0 Å². The highest BCUT2D eigenvalue weighted by Gasteiger charge is 2.11. The number of methoxy groups -OCH3 is 2. The summed E-state index contributed by atoms with van der Waals surface area (Å²) in [6.07, 6.45) is 1.25. The van der Waals surface area contributed by atoms with E-state index in [0.717, 1.165) is 0 Å². The minimum Gasteiger partial charge on any atom is -0.354 e. The lowest BCUT2D eigenvalue weighted by atomic mass is 10.4. The van der Waals surface area contributed by atoms with Crippen LogP contribution in [0.2, 0.25) is 0 Å². The van der Waals surface area contributed by atoms with Crippen molar-refractivity contribution in [2.75, 3.05) is 14.2 Å². The summed E-state index contributed by atoms with van der Waals surface area (Å²) in [7, 11) is 3.23. The molecule has 0 fully saturated rings. The molecule has 0 aliphatic carbocycles. The minimum absolute atomic E-state index is 0.417. The molecule has 0 aromatic carbocycles. The van der Waals surface area contributed by atoms with E-state index in [2.05, 4.69) is 13.8 Å². The fourth-order valence-corrected chi connectivity index (χ4v) is 0.0833. The van der Waals surface area contributed by atoms with Gasteiger partial charge in [-0.1, -0.05) is 20.3 Å². The summed E-state index contributed by atoms with van der Waals surface area (Å²) in [5, 5.41) is 0. The number of hydrogen-bond acceptors (Lipinski definition) is 2. The molecule has 0 aromatic rings. The molecule has 0 spiro atoms. The Labute approximate surface area is 64.5 Å². The Balaban J connectivity index is 0. The Kier molecular flexibility index (Phi) is 8.85. The van der Waals surface area contributed by atoms with Crippen LogP contribution in [-0.2, 0) is 9.47 Å². The Morgan fingerprint density at radius 2 is 1.20 bits per heavy atom. The van der Waals surface area contributed by atoms with Gasteiger partial charge in [0.25, 0.3) is 0 Å². The molecule has 0 N–H and O–H groups in total. The lowest BCUT2D eigenvalue weighted by molar-refractivity contribution is -0.178. The maximum Gasteiger partial charge on any atom is 0.161 e. The largest absolute Gasteiger partial charge is 0.354 e. The monoisotopic (exact) mass is 148 g/mol. The molecular weight excluding hydrogens is 128 g/mol. The summed E-state index contributed by atoms with van der Waals surface area (Å²) in [6.45, 7) is 7.96. The zero-order chi connectivity index (χ0) is 8.62. The minimum atomic E-state index is -0.417. The molecule has 0 saturated heterocycles. The van der Waals surface area contributed by atoms with Crippen LogP contribution in [0.1, 0.15) is 34.1 Å². The molecule has 2 heteroatoms. The molecule has 0 unspecified atom stereocenters. The molecule has 0 aliphatic heterocycles. The van der Waals surface area contributed by atoms with Gasteiger partial charge < -0.3 is 9.47 Å². The summed E-state index contributed by atoms with van der Waals surface area (Å²) >= 11 is 0. The average Bonchev–Trinajstić information content (AvgIpc) is 1.90. The average molecular weight is 148 g/mol. The molecule has 0 bridgehead atoms. The normalized spacial score (nSPS) is 10.2. The summed E-state index contributed by atoms with van der Waals surface area (Å²) in [5.74, 6) is -0.417. The van der Waals surface area contributed by atoms with Crippen molar-refractivity contribution in [2.45, 2.75) is 39.9 Å². The van der Waals surface area contributed by atoms with Crippen molar-refractivity contribution in [2.24, 2.45) is 0 Å². The third-order valence-electron chi connectivity index (χ3n) is 0.983. The zero-order valence-electron chi connectivity index (χ0n) is 8.02. The van der Waals surface area contributed by atoms with E-state index in [1.54, 1.807) is 14.2 Å². The van der Waals surface area contributed by atoms with E-state index in [-0.39, 0.29) is 0 Å². The van der Waals surface area contributed by atoms with E-state index >= 15 is 0 Å². The number of hydrogen-bond donors (Lipinski definition) is 0. The van der Waals surface area contributed by atoms with Crippen LogP contribution < -0.4 is 0 Å². The molecule has 64 valence electrons. The third-order valence-corrected chi connectivity index (χ3v) is 0.983. The van der Waals surface area contributed by atoms with Crippen LogP contribution in [0.3, 0.4) is 0 Å². The highest BCUT2D eigenvalue weighted by atomic mass is 16.7. The fourth-order valence-electron chi connectivity index (χ4n) is 0.0833. The molecule has 0 heterocycles. The Morgan fingerprint density at radius 1 is 1.00 bits per heavy atom. The third kappa shape index (κ3) is 10.8. The van der Waals surface area contributed by atoms with Gasteiger partial charge in [-0.15, -0.1) is 0 Å². The standard InChI is InChI=1S/C5H12O2.C3H8/c1-5(2,6-3)7-4;1-3-2/h1-4H3;3H2,1-2H3. The van der Waals surface area contributed by atoms with Crippen LogP contribution >= 0.6 is 0 Å². The van der Waals surface area contributed by atoms with Crippen molar-refractivity contribution in [1.29, 1.82) is 0 Å². The van der Waals surface area contributed by atoms with Crippen molar-refractivity contribution in [1.82, 2.24) is 0 Å². The van der Waals surface area contributed by atoms with E-state index in [1.807, 2.05) is 13.8 Å². The second-order valence-electron chi connectivity index (χ2n) is 2.52. The van der Waals surface area contributed by atoms with Gasteiger partial charge >= 0.3 is 0 Å². The Morgan fingerprint density at radius 3 is 1.20 bits per heavy atom. The van der Waals surface area contributed by atoms with E-state index in [1.165, 1.54) is 6.42 Å². The first-order valence-corrected chi connectivity index (χ1v) is 3.64. The van der Waals surface area contributed by atoms with E-state index in [0.29, 0.717) is 0 Å². The molecule has 2 nitrogen and oxygen atoms in total. The molecule has 0 rings (SSSR count). The number of rotatable bonds is 2. The zero-order valence-corrected chi connectivity index (χ0v) is 8.02. The van der Waals surface area contributed by atoms with Gasteiger partial charge in [-0.25, -0.2) is 0 Å². The van der Waals surface area contributed by atoms with Crippen molar-refractivity contribution in [3.63, 3.8) is 0 Å². The molecule has 10 heavy (non-hydrogen) atoms. The fraction of sp³-hybridized carbons (Fsp3) is 1.00. The molecule has 0 aromatic heterocycles. The molecule has 0 amide bonds. The van der Waals surface area contributed by atoms with Crippen LogP contribution in [0.15, 0.2) is 0 Å². The predicted octanol–water partition coefficient (Wildman–Crippen LogP) is 2.43. The maximum absolute atomic E-state index is 4.86. The van der Waals surface area contributed by atoms with Crippen molar-refractivity contribution < 1.29 is 9.47 Å². The molecular formula is C8H20O2. The van der Waals surface area contributed by atoms with Crippen LogP contribution in [0.4, 0.5) is 0 Å². The molecule has 0 saturated carbocycles. The van der Waals surface area contributed by atoms with Gasteiger partial charge in [0.1, 0.15) is 0 Å². The molecule has 0 aliphatic rings. The SMILES string of the molecule is CCC.COC(C)(C)OC.